The molecule has 1 atom stereocenters. The van der Waals surface area contributed by atoms with Gasteiger partial charge in [0.05, 0.1) is 11.1 Å². The number of rotatable bonds is 5. The van der Waals surface area contributed by atoms with E-state index in [1.165, 1.54) is 86.0 Å². The first-order valence-corrected chi connectivity index (χ1v) is 23.3. The van der Waals surface area contributed by atoms with Gasteiger partial charge in [-0.3, -0.25) is 0 Å². The Labute approximate surface area is 356 Å². The van der Waals surface area contributed by atoms with Crippen LogP contribution in [0.2, 0.25) is 0 Å². The van der Waals surface area contributed by atoms with Gasteiger partial charge in [-0.15, -0.1) is 0 Å². The predicted octanol–water partition coefficient (Wildman–Crippen LogP) is 12.5. The van der Waals surface area contributed by atoms with E-state index in [0.717, 1.165) is 11.4 Å². The van der Waals surface area contributed by atoms with Crippen molar-refractivity contribution in [3.05, 3.63) is 253 Å². The third-order valence-corrected chi connectivity index (χ3v) is 17.3. The van der Waals surface area contributed by atoms with Gasteiger partial charge in [0, 0.05) is 26.6 Å². The van der Waals surface area contributed by atoms with Gasteiger partial charge in [0.2, 0.25) is 0 Å². The number of fused-ring (bicyclic) bond motifs is 11. The van der Waals surface area contributed by atoms with Gasteiger partial charge in [-0.05, 0) is 102 Å². The highest BCUT2D eigenvalue weighted by molar-refractivity contribution is 7.99. The van der Waals surface area contributed by atoms with Crippen molar-refractivity contribution in [2.75, 3.05) is 4.90 Å². The molecule has 1 unspecified atom stereocenters. The number of hydrogen-bond donors (Lipinski definition) is 0. The van der Waals surface area contributed by atoms with Gasteiger partial charge >= 0.3 is 0 Å². The Morgan fingerprint density at radius 1 is 0.367 bits per heavy atom. The average molecular weight is 798 g/mol. The Morgan fingerprint density at radius 3 is 1.63 bits per heavy atom. The number of para-hydroxylation sites is 1. The number of anilines is 3. The minimum Gasteiger partial charge on any atom is -0.310 e. The monoisotopic (exact) mass is 797 g/mol. The van der Waals surface area contributed by atoms with Crippen LogP contribution in [0.15, 0.2) is 240 Å². The van der Waals surface area contributed by atoms with E-state index in [2.05, 4.69) is 235 Å². The maximum Gasteiger partial charge on any atom is 0.133 e. The fourth-order valence-electron chi connectivity index (χ4n) is 10.3. The zero-order valence-electron chi connectivity index (χ0n) is 32.9. The van der Waals surface area contributed by atoms with Crippen LogP contribution in [-0.4, -0.2) is 8.80 Å². The zero-order valence-corrected chi connectivity index (χ0v) is 34.8. The van der Waals surface area contributed by atoms with Crippen molar-refractivity contribution in [1.82, 2.24) is 0 Å². The van der Waals surface area contributed by atoms with E-state index >= 15 is 0 Å². The van der Waals surface area contributed by atoms with Crippen LogP contribution in [0.5, 0.6) is 0 Å². The first-order chi connectivity index (χ1) is 29.8. The molecule has 0 fully saturated rings. The molecule has 2 aliphatic heterocycles. The van der Waals surface area contributed by atoms with Crippen LogP contribution in [0, 0.1) is 0 Å². The SMILES string of the molecule is c1ccc(N(c2ccc(-c3ccc4c(c3)[SiH](c3ccccc3)c3ccccc3C43c4ccccc4Sc4ccccc43)cc2)c2cc3ccccc3c3ccccc23)cc1. The number of hydrogen-bond acceptors (Lipinski definition) is 2. The van der Waals surface area contributed by atoms with Crippen molar-refractivity contribution in [2.45, 2.75) is 15.2 Å². The molecule has 1 spiro atoms. The molecule has 282 valence electrons. The van der Waals surface area contributed by atoms with Crippen LogP contribution in [0.4, 0.5) is 17.1 Å². The molecule has 1 nitrogen and oxygen atoms in total. The molecule has 0 saturated heterocycles. The van der Waals surface area contributed by atoms with Crippen LogP contribution in [0.1, 0.15) is 22.3 Å². The van der Waals surface area contributed by atoms with E-state index in [1.54, 1.807) is 0 Å². The summed E-state index contributed by atoms with van der Waals surface area (Å²) in [6, 6.07) is 86.3. The van der Waals surface area contributed by atoms with Crippen LogP contribution < -0.4 is 20.5 Å². The molecule has 12 rings (SSSR count). The summed E-state index contributed by atoms with van der Waals surface area (Å²) in [7, 11) is -1.93. The molecule has 10 aromatic carbocycles. The Kier molecular flexibility index (Phi) is 8.26. The first kappa shape index (κ1) is 35.1. The first-order valence-electron chi connectivity index (χ1n) is 20.8. The zero-order chi connectivity index (χ0) is 39.6. The van der Waals surface area contributed by atoms with Crippen molar-refractivity contribution in [2.24, 2.45) is 0 Å². The second-order valence-corrected chi connectivity index (χ2v) is 19.8. The summed E-state index contributed by atoms with van der Waals surface area (Å²) in [4.78, 5) is 5.08. The lowest BCUT2D eigenvalue weighted by Crippen LogP contribution is -2.62. The van der Waals surface area contributed by atoms with Gasteiger partial charge in [-0.25, -0.2) is 0 Å². The number of benzene rings is 10. The molecular weight excluding hydrogens is 759 g/mol. The summed E-state index contributed by atoms with van der Waals surface area (Å²) < 4.78 is 0. The molecule has 0 aromatic heterocycles. The van der Waals surface area contributed by atoms with E-state index in [4.69, 9.17) is 0 Å². The molecule has 0 saturated carbocycles. The Morgan fingerprint density at radius 2 is 0.900 bits per heavy atom. The van der Waals surface area contributed by atoms with E-state index in [1.807, 2.05) is 11.8 Å². The third kappa shape index (κ3) is 5.33. The molecule has 0 N–H and O–H groups in total. The van der Waals surface area contributed by atoms with Crippen molar-refractivity contribution < 1.29 is 0 Å². The molecule has 10 aromatic rings. The molecular formula is C57H39NSSi. The molecule has 0 bridgehead atoms. The lowest BCUT2D eigenvalue weighted by Gasteiger charge is -2.48. The minimum atomic E-state index is -1.93. The normalized spacial score (nSPS) is 14.6. The lowest BCUT2D eigenvalue weighted by atomic mass is 9.64. The largest absolute Gasteiger partial charge is 0.310 e. The van der Waals surface area contributed by atoms with Crippen LogP contribution in [0.3, 0.4) is 0 Å². The highest BCUT2D eigenvalue weighted by Crippen LogP contribution is 2.56. The lowest BCUT2D eigenvalue weighted by molar-refractivity contribution is 0.708. The fraction of sp³-hybridized carbons (Fsp3) is 0.0175. The summed E-state index contributed by atoms with van der Waals surface area (Å²) in [6.45, 7) is 0. The summed E-state index contributed by atoms with van der Waals surface area (Å²) in [6.07, 6.45) is 0. The van der Waals surface area contributed by atoms with Gasteiger partial charge in [-0.1, -0.05) is 205 Å². The van der Waals surface area contributed by atoms with E-state index in [-0.39, 0.29) is 0 Å². The molecule has 0 radical (unpaired) electrons. The highest BCUT2D eigenvalue weighted by atomic mass is 32.2. The summed E-state index contributed by atoms with van der Waals surface area (Å²) in [5.41, 5.74) is 11.1. The standard InChI is InChI=1S/C57H39NSSi/c1-3-18-42(19-4-1)58(52-37-41-17-7-8-22-45(41)46-23-9-10-24-47(46)52)43-34-31-39(32-35-43)40-33-36-51-56(38-40)60(44-20-5-2-6-21-44)55-30-16-13-27-50(55)57(51)48-25-11-14-28-53(48)59-54-29-15-12-26-49(54)57/h1-38,60H. The molecule has 60 heavy (non-hydrogen) atoms. The fourth-order valence-corrected chi connectivity index (χ4v) is 15.1. The summed E-state index contributed by atoms with van der Waals surface area (Å²) in [5, 5.41) is 9.43. The van der Waals surface area contributed by atoms with Crippen molar-refractivity contribution in [3.63, 3.8) is 0 Å². The van der Waals surface area contributed by atoms with Crippen LogP contribution in [-0.2, 0) is 5.41 Å². The Balaban J connectivity index is 1.05. The van der Waals surface area contributed by atoms with E-state index in [9.17, 15) is 0 Å². The summed E-state index contributed by atoms with van der Waals surface area (Å²) >= 11 is 1.91. The smallest absolute Gasteiger partial charge is 0.133 e. The van der Waals surface area contributed by atoms with Gasteiger partial charge in [0.15, 0.2) is 0 Å². The quantitative estimate of drug-likeness (QED) is 0.126. The second-order valence-electron chi connectivity index (χ2n) is 16.0. The predicted molar refractivity (Wildman–Crippen MR) is 256 cm³/mol. The average Bonchev–Trinajstić information content (AvgIpc) is 3.32. The van der Waals surface area contributed by atoms with Crippen molar-refractivity contribution in [3.8, 4) is 11.1 Å². The highest BCUT2D eigenvalue weighted by Gasteiger charge is 2.50. The van der Waals surface area contributed by atoms with Gasteiger partial charge in [-0.2, -0.15) is 0 Å². The molecule has 2 heterocycles. The molecule has 3 heteroatoms. The summed E-state index contributed by atoms with van der Waals surface area (Å²) in [5.74, 6) is 0. The topological polar surface area (TPSA) is 3.24 Å². The third-order valence-electron chi connectivity index (χ3n) is 12.8. The molecule has 0 aliphatic carbocycles. The van der Waals surface area contributed by atoms with Gasteiger partial charge in [0.25, 0.3) is 0 Å². The number of nitrogens with zero attached hydrogens (tertiary/aromatic N) is 1. The molecule has 2 aliphatic rings. The Bertz CT molecular complexity index is 3200. The van der Waals surface area contributed by atoms with E-state index in [0.29, 0.717) is 0 Å². The van der Waals surface area contributed by atoms with Gasteiger partial charge < -0.3 is 4.90 Å². The van der Waals surface area contributed by atoms with Gasteiger partial charge in [0.1, 0.15) is 8.80 Å². The maximum atomic E-state index is 2.56. The Hall–Kier alpha value is -6.91. The second kappa shape index (κ2) is 14.1. The van der Waals surface area contributed by atoms with Crippen LogP contribution >= 0.6 is 11.8 Å². The maximum absolute atomic E-state index is 2.56. The van der Waals surface area contributed by atoms with Crippen molar-refractivity contribution >= 4 is 74.7 Å². The van der Waals surface area contributed by atoms with Crippen molar-refractivity contribution in [1.29, 1.82) is 0 Å². The van der Waals surface area contributed by atoms with Crippen LogP contribution in [0.25, 0.3) is 32.7 Å². The minimum absolute atomic E-state index is 0.427. The van der Waals surface area contributed by atoms with E-state index < -0.39 is 14.2 Å². The molecule has 0 amide bonds.